The Kier molecular flexibility index (Phi) is 5.98. The third kappa shape index (κ3) is 4.36. The van der Waals surface area contributed by atoms with E-state index in [0.717, 1.165) is 22.8 Å². The predicted molar refractivity (Wildman–Crippen MR) is 120 cm³/mol. The van der Waals surface area contributed by atoms with Crippen molar-refractivity contribution in [2.45, 2.75) is 6.92 Å². The molecule has 1 aromatic heterocycles. The number of hydrogen-bond acceptors (Lipinski definition) is 7. The summed E-state index contributed by atoms with van der Waals surface area (Å²) in [6, 6.07) is 16.0. The molecule has 1 amide bonds. The number of nitro groups is 1. The number of anilines is 1. The standard InChI is InChI=1S/C23H23N5O4/c1-16-15-18(5-9-21(16)28(30)31)23(29)27-13-11-26(12-14-27)22-10-8-20(24-25-22)17-3-6-19(32-2)7-4-17/h3-10,15H,11-14H2,1-2H3. The average Bonchev–Trinajstić information content (AvgIpc) is 2.83. The minimum absolute atomic E-state index is 0.0167. The molecule has 0 atom stereocenters. The van der Waals surface area contributed by atoms with Crippen LogP contribution in [0.4, 0.5) is 11.5 Å². The van der Waals surface area contributed by atoms with Crippen molar-refractivity contribution in [1.29, 1.82) is 0 Å². The van der Waals surface area contributed by atoms with Crippen LogP contribution in [-0.4, -0.2) is 59.2 Å². The smallest absolute Gasteiger partial charge is 0.272 e. The van der Waals surface area contributed by atoms with Crippen LogP contribution in [-0.2, 0) is 0 Å². The summed E-state index contributed by atoms with van der Waals surface area (Å²) in [5, 5.41) is 19.7. The molecule has 1 saturated heterocycles. The highest BCUT2D eigenvalue weighted by atomic mass is 16.6. The molecule has 9 nitrogen and oxygen atoms in total. The van der Waals surface area contributed by atoms with Crippen LogP contribution in [0.3, 0.4) is 0 Å². The fraction of sp³-hybridized carbons (Fsp3) is 0.261. The number of methoxy groups -OCH3 is 1. The van der Waals surface area contributed by atoms with E-state index >= 15 is 0 Å². The highest BCUT2D eigenvalue weighted by Gasteiger charge is 2.24. The average molecular weight is 433 g/mol. The zero-order valence-electron chi connectivity index (χ0n) is 17.9. The molecular formula is C23H23N5O4. The van der Waals surface area contributed by atoms with Crippen molar-refractivity contribution in [3.05, 3.63) is 75.8 Å². The monoisotopic (exact) mass is 433 g/mol. The molecule has 4 rings (SSSR count). The third-order valence-corrected chi connectivity index (χ3v) is 5.57. The number of ether oxygens (including phenoxy) is 1. The van der Waals surface area contributed by atoms with Crippen LogP contribution in [0.15, 0.2) is 54.6 Å². The van der Waals surface area contributed by atoms with Gasteiger partial charge in [-0.15, -0.1) is 10.2 Å². The van der Waals surface area contributed by atoms with Gasteiger partial charge in [0.15, 0.2) is 5.82 Å². The number of aromatic nitrogens is 2. The quantitative estimate of drug-likeness (QED) is 0.449. The van der Waals surface area contributed by atoms with Crippen molar-refractivity contribution in [2.24, 2.45) is 0 Å². The fourth-order valence-electron chi connectivity index (χ4n) is 3.72. The summed E-state index contributed by atoms with van der Waals surface area (Å²) < 4.78 is 5.18. The van der Waals surface area contributed by atoms with Gasteiger partial charge in [0.05, 0.1) is 17.7 Å². The van der Waals surface area contributed by atoms with Gasteiger partial charge in [-0.25, -0.2) is 0 Å². The van der Waals surface area contributed by atoms with Gasteiger partial charge in [0.25, 0.3) is 11.6 Å². The summed E-state index contributed by atoms with van der Waals surface area (Å²) in [5.74, 6) is 1.43. The molecule has 0 unspecified atom stereocenters. The van der Waals surface area contributed by atoms with E-state index in [1.807, 2.05) is 36.4 Å². The van der Waals surface area contributed by atoms with E-state index in [0.29, 0.717) is 37.3 Å². The van der Waals surface area contributed by atoms with Crippen molar-refractivity contribution in [2.75, 3.05) is 38.2 Å². The second-order valence-electron chi connectivity index (χ2n) is 7.54. The topological polar surface area (TPSA) is 102 Å². The van der Waals surface area contributed by atoms with Crippen LogP contribution in [0.25, 0.3) is 11.3 Å². The lowest BCUT2D eigenvalue weighted by Crippen LogP contribution is -2.49. The Morgan fingerprint density at radius 2 is 1.72 bits per heavy atom. The first-order valence-electron chi connectivity index (χ1n) is 10.2. The second kappa shape index (κ2) is 9.01. The van der Waals surface area contributed by atoms with Crippen molar-refractivity contribution in [3.8, 4) is 17.0 Å². The summed E-state index contributed by atoms with van der Waals surface area (Å²) in [4.78, 5) is 27.2. The van der Waals surface area contributed by atoms with Gasteiger partial charge < -0.3 is 14.5 Å². The summed E-state index contributed by atoms with van der Waals surface area (Å²) in [6.07, 6.45) is 0. The molecule has 32 heavy (non-hydrogen) atoms. The first-order valence-corrected chi connectivity index (χ1v) is 10.2. The van der Waals surface area contributed by atoms with Crippen LogP contribution < -0.4 is 9.64 Å². The predicted octanol–water partition coefficient (Wildman–Crippen LogP) is 3.33. The minimum Gasteiger partial charge on any atom is -0.497 e. The van der Waals surface area contributed by atoms with E-state index in [9.17, 15) is 14.9 Å². The molecule has 0 bridgehead atoms. The molecule has 1 fully saturated rings. The second-order valence-corrected chi connectivity index (χ2v) is 7.54. The lowest BCUT2D eigenvalue weighted by Gasteiger charge is -2.35. The van der Waals surface area contributed by atoms with Gasteiger partial charge in [-0.3, -0.25) is 14.9 Å². The van der Waals surface area contributed by atoms with Crippen molar-refractivity contribution in [3.63, 3.8) is 0 Å². The highest BCUT2D eigenvalue weighted by molar-refractivity contribution is 5.95. The molecule has 0 aliphatic carbocycles. The maximum absolute atomic E-state index is 12.8. The van der Waals surface area contributed by atoms with E-state index < -0.39 is 4.92 Å². The van der Waals surface area contributed by atoms with E-state index in [-0.39, 0.29) is 11.6 Å². The van der Waals surface area contributed by atoms with Crippen LogP contribution in [0, 0.1) is 17.0 Å². The molecular weight excluding hydrogens is 410 g/mol. The largest absolute Gasteiger partial charge is 0.497 e. The number of piperazine rings is 1. The Balaban J connectivity index is 1.38. The van der Waals surface area contributed by atoms with E-state index in [4.69, 9.17) is 4.74 Å². The number of hydrogen-bond donors (Lipinski definition) is 0. The lowest BCUT2D eigenvalue weighted by molar-refractivity contribution is -0.385. The summed E-state index contributed by atoms with van der Waals surface area (Å²) >= 11 is 0. The summed E-state index contributed by atoms with van der Waals surface area (Å²) in [6.45, 7) is 3.98. The third-order valence-electron chi connectivity index (χ3n) is 5.57. The lowest BCUT2D eigenvalue weighted by atomic mass is 10.1. The van der Waals surface area contributed by atoms with Gasteiger partial charge in [-0.05, 0) is 55.5 Å². The Bertz CT molecular complexity index is 1120. The van der Waals surface area contributed by atoms with Crippen molar-refractivity contribution < 1.29 is 14.5 Å². The maximum atomic E-state index is 12.8. The summed E-state index contributed by atoms with van der Waals surface area (Å²) in [7, 11) is 1.63. The first-order chi connectivity index (χ1) is 15.5. The molecule has 2 heterocycles. The molecule has 2 aromatic carbocycles. The molecule has 164 valence electrons. The van der Waals surface area contributed by atoms with Gasteiger partial charge in [0.1, 0.15) is 5.75 Å². The van der Waals surface area contributed by atoms with Crippen LogP contribution in [0.2, 0.25) is 0 Å². The van der Waals surface area contributed by atoms with E-state index in [1.54, 1.807) is 25.0 Å². The zero-order valence-corrected chi connectivity index (χ0v) is 17.9. The number of nitrogens with zero attached hydrogens (tertiary/aromatic N) is 5. The Hall–Kier alpha value is -4.01. The van der Waals surface area contributed by atoms with Gasteiger partial charge >= 0.3 is 0 Å². The molecule has 1 aliphatic heterocycles. The van der Waals surface area contributed by atoms with Crippen LogP contribution >= 0.6 is 0 Å². The number of benzene rings is 2. The Labute approximate surface area is 185 Å². The number of aryl methyl sites for hydroxylation is 1. The number of amides is 1. The van der Waals surface area contributed by atoms with Gasteiger partial charge in [0, 0.05) is 48.9 Å². The Morgan fingerprint density at radius 1 is 1.00 bits per heavy atom. The number of carbonyl (C=O) groups is 1. The molecule has 0 radical (unpaired) electrons. The molecule has 0 N–H and O–H groups in total. The number of rotatable bonds is 5. The van der Waals surface area contributed by atoms with Gasteiger partial charge in [0.2, 0.25) is 0 Å². The molecule has 0 spiro atoms. The van der Waals surface area contributed by atoms with Gasteiger partial charge in [-0.1, -0.05) is 0 Å². The van der Waals surface area contributed by atoms with Crippen molar-refractivity contribution >= 4 is 17.4 Å². The molecule has 9 heteroatoms. The van der Waals surface area contributed by atoms with Crippen LogP contribution in [0.5, 0.6) is 5.75 Å². The van der Waals surface area contributed by atoms with E-state index in [2.05, 4.69) is 15.1 Å². The fourth-order valence-corrected chi connectivity index (χ4v) is 3.72. The van der Waals surface area contributed by atoms with Crippen molar-refractivity contribution in [1.82, 2.24) is 15.1 Å². The number of carbonyl (C=O) groups excluding carboxylic acids is 1. The zero-order chi connectivity index (χ0) is 22.7. The summed E-state index contributed by atoms with van der Waals surface area (Å²) in [5.41, 5.74) is 2.69. The number of nitro benzene ring substituents is 1. The SMILES string of the molecule is COc1ccc(-c2ccc(N3CCN(C(=O)c4ccc([N+](=O)[O-])c(C)c4)CC3)nn2)cc1. The first kappa shape index (κ1) is 21.2. The van der Waals surface area contributed by atoms with Crippen LogP contribution in [0.1, 0.15) is 15.9 Å². The maximum Gasteiger partial charge on any atom is 0.272 e. The van der Waals surface area contributed by atoms with E-state index in [1.165, 1.54) is 12.1 Å². The Morgan fingerprint density at radius 3 is 2.28 bits per heavy atom. The normalized spacial score (nSPS) is 13.7. The highest BCUT2D eigenvalue weighted by Crippen LogP contribution is 2.23. The molecule has 0 saturated carbocycles. The van der Waals surface area contributed by atoms with Gasteiger partial charge in [-0.2, -0.15) is 0 Å². The molecule has 1 aliphatic rings. The molecule has 3 aromatic rings. The minimum atomic E-state index is -0.441.